The van der Waals surface area contributed by atoms with Crippen molar-refractivity contribution in [3.8, 4) is 0 Å². The lowest BCUT2D eigenvalue weighted by molar-refractivity contribution is -0.140. The van der Waals surface area contributed by atoms with Gasteiger partial charge in [-0.2, -0.15) is 0 Å². The van der Waals surface area contributed by atoms with E-state index in [1.807, 2.05) is 30.3 Å². The zero-order chi connectivity index (χ0) is 14.4. The van der Waals surface area contributed by atoms with Gasteiger partial charge in [0.2, 0.25) is 5.91 Å². The Hall–Kier alpha value is -1.82. The highest BCUT2D eigenvalue weighted by atomic mass is 32.2. The Morgan fingerprint density at radius 2 is 2.15 bits per heavy atom. The van der Waals surface area contributed by atoms with E-state index in [1.165, 1.54) is 7.11 Å². The molecule has 0 fully saturated rings. The first-order valence-electron chi connectivity index (χ1n) is 6.31. The number of hydrogen-bond donors (Lipinski definition) is 1. The molecule has 0 radical (unpaired) electrons. The molecule has 1 heterocycles. The number of thioether (sulfide) groups is 1. The van der Waals surface area contributed by atoms with Crippen LogP contribution in [0.5, 0.6) is 0 Å². The van der Waals surface area contributed by atoms with Crippen molar-refractivity contribution in [3.63, 3.8) is 0 Å². The molecule has 1 aliphatic heterocycles. The van der Waals surface area contributed by atoms with Crippen LogP contribution in [0.2, 0.25) is 0 Å². The molecule has 0 bridgehead atoms. The van der Waals surface area contributed by atoms with Gasteiger partial charge in [0.05, 0.1) is 18.6 Å². The predicted molar refractivity (Wildman–Crippen MR) is 78.9 cm³/mol. The van der Waals surface area contributed by atoms with E-state index in [0.29, 0.717) is 5.75 Å². The molecule has 1 atom stereocenters. The van der Waals surface area contributed by atoms with Crippen LogP contribution >= 0.6 is 11.8 Å². The van der Waals surface area contributed by atoms with E-state index in [4.69, 9.17) is 0 Å². The Labute approximate surface area is 121 Å². The van der Waals surface area contributed by atoms with E-state index in [0.717, 1.165) is 10.6 Å². The molecule has 5 nitrogen and oxygen atoms in total. The molecule has 1 aromatic rings. The van der Waals surface area contributed by atoms with Gasteiger partial charge in [0, 0.05) is 17.9 Å². The van der Waals surface area contributed by atoms with Gasteiger partial charge in [-0.1, -0.05) is 30.3 Å². The first-order valence-corrected chi connectivity index (χ1v) is 7.30. The van der Waals surface area contributed by atoms with Crippen molar-refractivity contribution in [2.75, 3.05) is 19.4 Å². The lowest BCUT2D eigenvalue weighted by Gasteiger charge is -2.07. The normalized spacial score (nSPS) is 17.4. The standard InChI is InChI=1S/C14H16N2O3S/c1-19-12(17)7-8-15-13(18)11-9-20-14(16-11)10-5-3-2-4-6-10/h2-6,11H,7-9H2,1H3,(H,15,18). The highest BCUT2D eigenvalue weighted by molar-refractivity contribution is 8.14. The zero-order valence-corrected chi connectivity index (χ0v) is 12.0. The number of rotatable bonds is 5. The Morgan fingerprint density at radius 1 is 1.40 bits per heavy atom. The minimum atomic E-state index is -0.382. The van der Waals surface area contributed by atoms with Crippen molar-refractivity contribution < 1.29 is 14.3 Å². The molecule has 0 saturated carbocycles. The first kappa shape index (κ1) is 14.6. The maximum absolute atomic E-state index is 11.9. The van der Waals surface area contributed by atoms with Gasteiger partial charge in [-0.15, -0.1) is 11.8 Å². The van der Waals surface area contributed by atoms with Crippen LogP contribution in [0.25, 0.3) is 0 Å². The molecule has 0 spiro atoms. The van der Waals surface area contributed by atoms with E-state index < -0.39 is 0 Å². The molecule has 6 heteroatoms. The van der Waals surface area contributed by atoms with Gasteiger partial charge in [-0.3, -0.25) is 14.6 Å². The molecular formula is C14H16N2O3S. The van der Waals surface area contributed by atoms with E-state index in [9.17, 15) is 9.59 Å². The lowest BCUT2D eigenvalue weighted by atomic mass is 10.2. The molecular weight excluding hydrogens is 276 g/mol. The van der Waals surface area contributed by atoms with Gasteiger partial charge in [-0.25, -0.2) is 0 Å². The van der Waals surface area contributed by atoms with Gasteiger partial charge >= 0.3 is 5.97 Å². The smallest absolute Gasteiger partial charge is 0.307 e. The summed E-state index contributed by atoms with van der Waals surface area (Å²) in [5, 5.41) is 3.59. The van der Waals surface area contributed by atoms with Crippen LogP contribution in [0.3, 0.4) is 0 Å². The quantitative estimate of drug-likeness (QED) is 0.829. The Bertz CT molecular complexity index is 516. The molecule has 1 unspecified atom stereocenters. The number of aliphatic imine (C=N–C) groups is 1. The summed E-state index contributed by atoms with van der Waals surface area (Å²) in [6.45, 7) is 0.281. The second kappa shape index (κ2) is 7.09. The predicted octanol–water partition coefficient (Wildman–Crippen LogP) is 1.23. The van der Waals surface area contributed by atoms with Crippen LogP contribution in [0.1, 0.15) is 12.0 Å². The number of benzene rings is 1. The summed E-state index contributed by atoms with van der Waals surface area (Å²) in [4.78, 5) is 27.3. The molecule has 106 valence electrons. The van der Waals surface area contributed by atoms with Crippen LogP contribution in [-0.2, 0) is 14.3 Å². The Balaban J connectivity index is 1.87. The Kier molecular flexibility index (Phi) is 5.17. The summed E-state index contributed by atoms with van der Waals surface area (Å²) in [6, 6.07) is 9.41. The third-order valence-electron chi connectivity index (χ3n) is 2.83. The second-order valence-corrected chi connectivity index (χ2v) is 5.25. The molecule has 2 rings (SSSR count). The van der Waals surface area contributed by atoms with Crippen LogP contribution in [0.15, 0.2) is 35.3 Å². The zero-order valence-electron chi connectivity index (χ0n) is 11.2. The topological polar surface area (TPSA) is 67.8 Å². The number of carbonyl (C=O) groups is 2. The molecule has 1 amide bonds. The van der Waals surface area contributed by atoms with Gasteiger partial charge in [0.15, 0.2) is 0 Å². The third-order valence-corrected chi connectivity index (χ3v) is 3.93. The molecule has 0 aliphatic carbocycles. The largest absolute Gasteiger partial charge is 0.469 e. The summed E-state index contributed by atoms with van der Waals surface area (Å²) < 4.78 is 4.51. The fourth-order valence-electron chi connectivity index (χ4n) is 1.75. The van der Waals surface area contributed by atoms with Crippen LogP contribution in [-0.4, -0.2) is 42.4 Å². The van der Waals surface area contributed by atoms with Crippen LogP contribution in [0.4, 0.5) is 0 Å². The number of nitrogens with one attached hydrogen (secondary N) is 1. The summed E-state index contributed by atoms with van der Waals surface area (Å²) in [5.74, 6) is 0.154. The first-order chi connectivity index (χ1) is 9.70. The number of esters is 1. The fourth-order valence-corrected chi connectivity index (χ4v) is 2.80. The number of nitrogens with zero attached hydrogens (tertiary/aromatic N) is 1. The van der Waals surface area contributed by atoms with Crippen molar-refractivity contribution in [1.29, 1.82) is 0 Å². The maximum Gasteiger partial charge on any atom is 0.307 e. The summed E-state index contributed by atoms with van der Waals surface area (Å²) in [7, 11) is 1.33. The SMILES string of the molecule is COC(=O)CCNC(=O)C1CSC(c2ccccc2)=N1. The summed E-state index contributed by atoms with van der Waals surface area (Å²) in [6.07, 6.45) is 0.178. The molecule has 1 aliphatic rings. The number of amides is 1. The van der Waals surface area contributed by atoms with Gasteiger partial charge in [0.25, 0.3) is 0 Å². The minimum absolute atomic E-state index is 0.146. The summed E-state index contributed by atoms with van der Waals surface area (Å²) in [5.41, 5.74) is 1.03. The molecule has 0 aromatic heterocycles. The van der Waals surface area contributed by atoms with E-state index in [-0.39, 0.29) is 30.9 Å². The van der Waals surface area contributed by atoms with Crippen LogP contribution < -0.4 is 5.32 Å². The van der Waals surface area contributed by atoms with Crippen molar-refractivity contribution in [2.45, 2.75) is 12.5 Å². The van der Waals surface area contributed by atoms with Gasteiger partial charge in [-0.05, 0) is 0 Å². The third kappa shape index (κ3) is 3.84. The number of carbonyl (C=O) groups excluding carboxylic acids is 2. The molecule has 1 N–H and O–H groups in total. The number of ether oxygens (including phenoxy) is 1. The van der Waals surface area contributed by atoms with Crippen molar-refractivity contribution in [1.82, 2.24) is 5.32 Å². The average molecular weight is 292 g/mol. The van der Waals surface area contributed by atoms with Crippen molar-refractivity contribution in [3.05, 3.63) is 35.9 Å². The van der Waals surface area contributed by atoms with E-state index in [1.54, 1.807) is 11.8 Å². The van der Waals surface area contributed by atoms with Gasteiger partial charge < -0.3 is 10.1 Å². The lowest BCUT2D eigenvalue weighted by Crippen LogP contribution is -2.35. The van der Waals surface area contributed by atoms with Gasteiger partial charge in [0.1, 0.15) is 6.04 Å². The molecule has 1 aromatic carbocycles. The highest BCUT2D eigenvalue weighted by Gasteiger charge is 2.25. The maximum atomic E-state index is 11.9. The number of methoxy groups -OCH3 is 1. The molecule has 0 saturated heterocycles. The molecule has 20 heavy (non-hydrogen) atoms. The minimum Gasteiger partial charge on any atom is -0.469 e. The van der Waals surface area contributed by atoms with Crippen molar-refractivity contribution in [2.24, 2.45) is 4.99 Å². The second-order valence-electron chi connectivity index (χ2n) is 4.24. The average Bonchev–Trinajstić information content (AvgIpc) is 2.97. The van der Waals surface area contributed by atoms with Crippen molar-refractivity contribution >= 4 is 28.7 Å². The number of hydrogen-bond acceptors (Lipinski definition) is 5. The monoisotopic (exact) mass is 292 g/mol. The summed E-state index contributed by atoms with van der Waals surface area (Å²) >= 11 is 1.57. The van der Waals surface area contributed by atoms with E-state index >= 15 is 0 Å². The van der Waals surface area contributed by atoms with Crippen LogP contribution in [0, 0.1) is 0 Å². The van der Waals surface area contributed by atoms with E-state index in [2.05, 4.69) is 15.0 Å². The fraction of sp³-hybridized carbons (Fsp3) is 0.357. The highest BCUT2D eigenvalue weighted by Crippen LogP contribution is 2.23. The Morgan fingerprint density at radius 3 is 2.85 bits per heavy atom.